The lowest BCUT2D eigenvalue weighted by Gasteiger charge is -2.31. The van der Waals surface area contributed by atoms with Gasteiger partial charge >= 0.3 is 0 Å². The number of hydrogen-bond acceptors (Lipinski definition) is 4. The Labute approximate surface area is 159 Å². The van der Waals surface area contributed by atoms with Crippen LogP contribution in [0.4, 0.5) is 0 Å². The van der Waals surface area contributed by atoms with Crippen molar-refractivity contribution in [1.29, 1.82) is 0 Å². The lowest BCUT2D eigenvalue weighted by molar-refractivity contribution is 0.228. The van der Waals surface area contributed by atoms with Crippen LogP contribution in [0.2, 0.25) is 0 Å². The molecule has 3 aromatic rings. The summed E-state index contributed by atoms with van der Waals surface area (Å²) in [6.45, 7) is 3.27. The van der Waals surface area contributed by atoms with E-state index in [0.717, 1.165) is 67.6 Å². The van der Waals surface area contributed by atoms with Crippen molar-refractivity contribution in [2.24, 2.45) is 5.73 Å². The van der Waals surface area contributed by atoms with E-state index >= 15 is 0 Å². The van der Waals surface area contributed by atoms with Gasteiger partial charge in [0.25, 0.3) is 0 Å². The van der Waals surface area contributed by atoms with Gasteiger partial charge in [-0.25, -0.2) is 0 Å². The molecule has 0 spiro atoms. The summed E-state index contributed by atoms with van der Waals surface area (Å²) in [6, 6.07) is 10.7. The van der Waals surface area contributed by atoms with Gasteiger partial charge in [0.1, 0.15) is 11.3 Å². The number of hydrogen-bond donors (Lipinski definition) is 1. The van der Waals surface area contributed by atoms with Crippen LogP contribution in [0.3, 0.4) is 0 Å². The van der Waals surface area contributed by atoms with E-state index in [1.807, 2.05) is 30.6 Å². The summed E-state index contributed by atoms with van der Waals surface area (Å²) in [5.41, 5.74) is 12.2. The van der Waals surface area contributed by atoms with Crippen LogP contribution in [0.15, 0.2) is 52.7 Å². The zero-order chi connectivity index (χ0) is 18.2. The van der Waals surface area contributed by atoms with Gasteiger partial charge < -0.3 is 10.2 Å². The molecule has 27 heavy (non-hydrogen) atoms. The van der Waals surface area contributed by atoms with E-state index < -0.39 is 0 Å². The van der Waals surface area contributed by atoms with Crippen molar-refractivity contribution >= 4 is 17.0 Å². The summed E-state index contributed by atoms with van der Waals surface area (Å²) in [7, 11) is 0. The number of benzene rings is 1. The summed E-state index contributed by atoms with van der Waals surface area (Å²) >= 11 is 0. The lowest BCUT2D eigenvalue weighted by atomic mass is 9.89. The predicted molar refractivity (Wildman–Crippen MR) is 109 cm³/mol. The molecular formula is C23H25N3O. The molecule has 3 heterocycles. The van der Waals surface area contributed by atoms with Gasteiger partial charge in [-0.15, -0.1) is 0 Å². The molecule has 2 N–H and O–H groups in total. The Morgan fingerprint density at radius 1 is 1.11 bits per heavy atom. The van der Waals surface area contributed by atoms with Gasteiger partial charge in [0.05, 0.1) is 0 Å². The average molecular weight is 359 g/mol. The quantitative estimate of drug-likeness (QED) is 0.760. The number of aryl methyl sites for hydroxylation is 1. The van der Waals surface area contributed by atoms with Crippen molar-refractivity contribution < 1.29 is 4.42 Å². The third kappa shape index (κ3) is 3.31. The molecule has 4 heteroatoms. The molecule has 1 aliphatic carbocycles. The SMILES string of the molecule is NC1CCN(CC2=Cc3c(cncc3-c3cc4ccccc4o3)CC2)CC1. The molecule has 0 atom stereocenters. The summed E-state index contributed by atoms with van der Waals surface area (Å²) in [5, 5.41) is 1.13. The van der Waals surface area contributed by atoms with E-state index in [2.05, 4.69) is 28.1 Å². The number of nitrogens with zero attached hydrogens (tertiary/aromatic N) is 2. The van der Waals surface area contributed by atoms with E-state index in [-0.39, 0.29) is 0 Å². The monoisotopic (exact) mass is 359 g/mol. The third-order valence-electron chi connectivity index (χ3n) is 5.88. The van der Waals surface area contributed by atoms with Crippen molar-refractivity contribution in [2.75, 3.05) is 19.6 Å². The highest BCUT2D eigenvalue weighted by Gasteiger charge is 2.21. The minimum Gasteiger partial charge on any atom is -0.456 e. The molecule has 138 valence electrons. The second-order valence-corrected chi connectivity index (χ2v) is 7.82. The average Bonchev–Trinajstić information content (AvgIpc) is 3.13. The molecule has 0 amide bonds. The first-order chi connectivity index (χ1) is 13.3. The number of furan rings is 1. The number of likely N-dealkylation sites (tertiary alicyclic amines) is 1. The van der Waals surface area contributed by atoms with Gasteiger partial charge in [-0.05, 0) is 62.0 Å². The number of piperidine rings is 1. The molecule has 2 aliphatic rings. The van der Waals surface area contributed by atoms with Crippen LogP contribution in [-0.2, 0) is 6.42 Å². The van der Waals surface area contributed by atoms with Gasteiger partial charge in [0.15, 0.2) is 0 Å². The molecule has 1 saturated heterocycles. The molecule has 5 rings (SSSR count). The maximum Gasteiger partial charge on any atom is 0.137 e. The van der Waals surface area contributed by atoms with Crippen LogP contribution in [0.25, 0.3) is 28.4 Å². The van der Waals surface area contributed by atoms with Crippen LogP contribution in [0.1, 0.15) is 30.4 Å². The Balaban J connectivity index is 1.47. The zero-order valence-corrected chi connectivity index (χ0v) is 15.5. The van der Waals surface area contributed by atoms with E-state index in [4.69, 9.17) is 10.2 Å². The number of fused-ring (bicyclic) bond motifs is 2. The van der Waals surface area contributed by atoms with Crippen LogP contribution in [0.5, 0.6) is 0 Å². The molecule has 4 nitrogen and oxygen atoms in total. The fraction of sp³-hybridized carbons (Fsp3) is 0.348. The fourth-order valence-electron chi connectivity index (χ4n) is 4.29. The van der Waals surface area contributed by atoms with Crippen LogP contribution >= 0.6 is 0 Å². The highest BCUT2D eigenvalue weighted by atomic mass is 16.3. The zero-order valence-electron chi connectivity index (χ0n) is 15.5. The van der Waals surface area contributed by atoms with Gasteiger partial charge in [-0.3, -0.25) is 9.88 Å². The number of rotatable bonds is 3. The standard InChI is InChI=1S/C23H25N3O/c24-19-7-9-26(10-8-19)15-16-5-6-18-13-25-14-21(20(18)11-16)23-12-17-3-1-2-4-22(17)27-23/h1-4,11-14,19H,5-10,15,24H2. The van der Waals surface area contributed by atoms with Crippen molar-refractivity contribution in [3.63, 3.8) is 0 Å². The highest BCUT2D eigenvalue weighted by molar-refractivity contribution is 5.85. The van der Waals surface area contributed by atoms with E-state index in [1.54, 1.807) is 0 Å². The van der Waals surface area contributed by atoms with Gasteiger partial charge in [-0.2, -0.15) is 0 Å². The number of para-hydroxylation sites is 1. The topological polar surface area (TPSA) is 55.3 Å². The predicted octanol–water partition coefficient (Wildman–Crippen LogP) is 4.25. The maximum atomic E-state index is 6.12. The van der Waals surface area contributed by atoms with E-state index in [1.165, 1.54) is 16.7 Å². The van der Waals surface area contributed by atoms with Crippen molar-refractivity contribution in [3.05, 3.63) is 59.4 Å². The van der Waals surface area contributed by atoms with Gasteiger partial charge in [-0.1, -0.05) is 29.8 Å². The summed E-state index contributed by atoms with van der Waals surface area (Å²) in [6.07, 6.45) is 10.7. The second kappa shape index (κ2) is 6.95. The molecule has 0 radical (unpaired) electrons. The minimum atomic E-state index is 0.382. The van der Waals surface area contributed by atoms with Gasteiger partial charge in [0, 0.05) is 35.9 Å². The molecule has 2 aromatic heterocycles. The molecule has 1 fully saturated rings. The molecular weight excluding hydrogens is 334 g/mol. The summed E-state index contributed by atoms with van der Waals surface area (Å²) in [4.78, 5) is 7.02. The van der Waals surface area contributed by atoms with E-state index in [9.17, 15) is 0 Å². The van der Waals surface area contributed by atoms with E-state index in [0.29, 0.717) is 6.04 Å². The molecule has 0 bridgehead atoms. The molecule has 1 aromatic carbocycles. The normalized spacial score (nSPS) is 18.5. The van der Waals surface area contributed by atoms with Gasteiger partial charge in [0.2, 0.25) is 0 Å². The molecule has 0 saturated carbocycles. The van der Waals surface area contributed by atoms with Crippen LogP contribution < -0.4 is 5.73 Å². The third-order valence-corrected chi connectivity index (χ3v) is 5.88. The fourth-order valence-corrected chi connectivity index (χ4v) is 4.29. The minimum absolute atomic E-state index is 0.382. The number of aromatic nitrogens is 1. The highest BCUT2D eigenvalue weighted by Crippen LogP contribution is 2.35. The first-order valence-corrected chi connectivity index (χ1v) is 9.89. The van der Waals surface area contributed by atoms with Crippen LogP contribution in [-0.4, -0.2) is 35.6 Å². The first-order valence-electron chi connectivity index (χ1n) is 9.89. The Hall–Kier alpha value is -2.43. The number of nitrogens with two attached hydrogens (primary N) is 1. The molecule has 1 aliphatic heterocycles. The van der Waals surface area contributed by atoms with Crippen molar-refractivity contribution in [1.82, 2.24) is 9.88 Å². The number of pyridine rings is 1. The Bertz CT molecular complexity index is 963. The lowest BCUT2D eigenvalue weighted by Crippen LogP contribution is -2.40. The maximum absolute atomic E-state index is 6.12. The first kappa shape index (κ1) is 16.7. The smallest absolute Gasteiger partial charge is 0.137 e. The summed E-state index contributed by atoms with van der Waals surface area (Å²) < 4.78 is 6.12. The van der Waals surface area contributed by atoms with Crippen molar-refractivity contribution in [3.8, 4) is 11.3 Å². The molecule has 0 unspecified atom stereocenters. The Morgan fingerprint density at radius 3 is 2.81 bits per heavy atom. The summed E-state index contributed by atoms with van der Waals surface area (Å²) in [5.74, 6) is 0.905. The largest absolute Gasteiger partial charge is 0.456 e. The Morgan fingerprint density at radius 2 is 1.96 bits per heavy atom. The van der Waals surface area contributed by atoms with Crippen molar-refractivity contribution in [2.45, 2.75) is 31.7 Å². The Kier molecular flexibility index (Phi) is 4.30. The van der Waals surface area contributed by atoms with Crippen LogP contribution in [0, 0.1) is 0 Å². The second-order valence-electron chi connectivity index (χ2n) is 7.82.